The maximum Gasteiger partial charge on any atom is 0.265 e. The Balaban J connectivity index is 2.46. The monoisotopic (exact) mass is 482 g/mol. The van der Waals surface area contributed by atoms with Crippen LogP contribution in [0.15, 0.2) is 54.7 Å². The van der Waals surface area contributed by atoms with Crippen LogP contribution in [0.2, 0.25) is 0 Å². The highest BCUT2D eigenvalue weighted by Gasteiger charge is 2.21. The number of nitrogens with one attached hydrogen (secondary N) is 1. The summed E-state index contributed by atoms with van der Waals surface area (Å²) in [5, 5.41) is 0. The molecule has 2 aromatic rings. The molecule has 0 radical (unpaired) electrons. The summed E-state index contributed by atoms with van der Waals surface area (Å²) in [6.45, 7) is 0. The van der Waals surface area contributed by atoms with Gasteiger partial charge in [-0.2, -0.15) is 0 Å². The lowest BCUT2D eigenvalue weighted by Gasteiger charge is -2.12. The molecule has 2 rings (SSSR count). The van der Waals surface area contributed by atoms with Gasteiger partial charge in [0.2, 0.25) is 0 Å². The summed E-state index contributed by atoms with van der Waals surface area (Å²) in [6.07, 6.45) is 0. The first-order chi connectivity index (χ1) is 9.29. The van der Waals surface area contributed by atoms with E-state index in [1.54, 1.807) is 30.3 Å². The normalized spacial score (nSPS) is 11.3. The number of sulfonamides is 1. The van der Waals surface area contributed by atoms with Crippen LogP contribution in [0.5, 0.6) is 0 Å². The molecule has 0 aliphatic carbocycles. The Morgan fingerprint density at radius 2 is 1.70 bits per heavy atom. The van der Waals surface area contributed by atoms with Gasteiger partial charge in [0.25, 0.3) is 10.0 Å². The molecular weight excluding hydrogens is 476 g/mol. The minimum atomic E-state index is -3.77. The van der Waals surface area contributed by atoms with Crippen molar-refractivity contribution in [3.8, 4) is 0 Å². The second-order valence-electron chi connectivity index (χ2n) is 3.92. The Kier molecular flexibility index (Phi) is 4.78. The lowest BCUT2D eigenvalue weighted by Crippen LogP contribution is -2.15. The molecule has 0 amide bonds. The maximum atomic E-state index is 12.4. The SMILES string of the molecule is Nc1cc(Br)cc(Br)c1S(=O)(=O)Nc1cccc(Br)c1. The van der Waals surface area contributed by atoms with Crippen LogP contribution in [0, 0.1) is 0 Å². The van der Waals surface area contributed by atoms with Crippen LogP contribution in [0.1, 0.15) is 0 Å². The molecule has 0 saturated heterocycles. The molecule has 20 heavy (non-hydrogen) atoms. The Morgan fingerprint density at radius 1 is 1.00 bits per heavy atom. The minimum absolute atomic E-state index is 0.0145. The topological polar surface area (TPSA) is 72.2 Å². The summed E-state index contributed by atoms with van der Waals surface area (Å²) >= 11 is 9.77. The van der Waals surface area contributed by atoms with Crippen molar-refractivity contribution in [3.05, 3.63) is 49.8 Å². The van der Waals surface area contributed by atoms with Crippen molar-refractivity contribution >= 4 is 69.2 Å². The van der Waals surface area contributed by atoms with E-state index in [0.29, 0.717) is 14.6 Å². The van der Waals surface area contributed by atoms with Gasteiger partial charge in [-0.05, 0) is 46.3 Å². The summed E-state index contributed by atoms with van der Waals surface area (Å²) in [5.74, 6) is 0. The van der Waals surface area contributed by atoms with Gasteiger partial charge in [-0.1, -0.05) is 37.9 Å². The third-order valence-electron chi connectivity index (χ3n) is 2.38. The van der Waals surface area contributed by atoms with Crippen LogP contribution in [-0.2, 0) is 10.0 Å². The number of hydrogen-bond acceptors (Lipinski definition) is 3. The molecule has 0 unspecified atom stereocenters. The van der Waals surface area contributed by atoms with Gasteiger partial charge in [-0.25, -0.2) is 8.42 Å². The molecule has 0 atom stereocenters. The molecule has 0 aliphatic heterocycles. The largest absolute Gasteiger partial charge is 0.398 e. The smallest absolute Gasteiger partial charge is 0.265 e. The van der Waals surface area contributed by atoms with E-state index in [1.165, 1.54) is 0 Å². The molecule has 0 saturated carbocycles. The van der Waals surface area contributed by atoms with Gasteiger partial charge in [-0.3, -0.25) is 4.72 Å². The Morgan fingerprint density at radius 3 is 2.30 bits per heavy atom. The summed E-state index contributed by atoms with van der Waals surface area (Å²) in [6, 6.07) is 10.0. The molecule has 106 valence electrons. The molecular formula is C12H9Br3N2O2S. The number of hydrogen-bond donors (Lipinski definition) is 2. The standard InChI is InChI=1S/C12H9Br3N2O2S/c13-7-2-1-3-9(4-7)17-20(18,19)12-10(15)5-8(14)6-11(12)16/h1-6,17H,16H2. The van der Waals surface area contributed by atoms with Gasteiger partial charge in [0.1, 0.15) is 4.90 Å². The average Bonchev–Trinajstić information content (AvgIpc) is 2.25. The number of anilines is 2. The van der Waals surface area contributed by atoms with Crippen molar-refractivity contribution < 1.29 is 8.42 Å². The Hall–Kier alpha value is -0.570. The second-order valence-corrected chi connectivity index (χ2v) is 8.23. The number of nitrogen functional groups attached to an aromatic ring is 1. The zero-order chi connectivity index (χ0) is 14.9. The van der Waals surface area contributed by atoms with Gasteiger partial charge in [0, 0.05) is 19.1 Å². The van der Waals surface area contributed by atoms with Crippen LogP contribution >= 0.6 is 47.8 Å². The first-order valence-electron chi connectivity index (χ1n) is 5.32. The summed E-state index contributed by atoms with van der Waals surface area (Å²) in [5.41, 5.74) is 6.42. The highest BCUT2D eigenvalue weighted by atomic mass is 79.9. The van der Waals surface area contributed by atoms with Crippen LogP contribution in [-0.4, -0.2) is 8.42 Å². The molecule has 0 spiro atoms. The van der Waals surface area contributed by atoms with Crippen LogP contribution < -0.4 is 10.5 Å². The lowest BCUT2D eigenvalue weighted by atomic mass is 10.3. The zero-order valence-electron chi connectivity index (χ0n) is 9.90. The molecule has 2 aromatic carbocycles. The highest BCUT2D eigenvalue weighted by Crippen LogP contribution is 2.33. The third-order valence-corrected chi connectivity index (χ3v) is 5.72. The lowest BCUT2D eigenvalue weighted by molar-refractivity contribution is 0.601. The van der Waals surface area contributed by atoms with E-state index >= 15 is 0 Å². The molecule has 4 nitrogen and oxygen atoms in total. The number of nitrogens with two attached hydrogens (primary N) is 1. The molecule has 0 fully saturated rings. The van der Waals surface area contributed by atoms with E-state index in [0.717, 1.165) is 4.47 Å². The molecule has 8 heteroatoms. The van der Waals surface area contributed by atoms with Crippen LogP contribution in [0.3, 0.4) is 0 Å². The quantitative estimate of drug-likeness (QED) is 0.636. The van der Waals surface area contributed by atoms with E-state index in [2.05, 4.69) is 52.5 Å². The van der Waals surface area contributed by atoms with Crippen molar-refractivity contribution in [2.75, 3.05) is 10.5 Å². The first-order valence-corrected chi connectivity index (χ1v) is 9.19. The van der Waals surface area contributed by atoms with Crippen molar-refractivity contribution in [2.45, 2.75) is 4.90 Å². The van der Waals surface area contributed by atoms with E-state index in [4.69, 9.17) is 5.73 Å². The molecule has 0 bridgehead atoms. The molecule has 0 heterocycles. The van der Waals surface area contributed by atoms with Crippen molar-refractivity contribution in [2.24, 2.45) is 0 Å². The number of rotatable bonds is 3. The fourth-order valence-corrected chi connectivity index (χ4v) is 5.14. The van der Waals surface area contributed by atoms with E-state index in [1.807, 2.05) is 6.07 Å². The van der Waals surface area contributed by atoms with E-state index in [9.17, 15) is 8.42 Å². The van der Waals surface area contributed by atoms with Crippen molar-refractivity contribution in [1.29, 1.82) is 0 Å². The first kappa shape index (κ1) is 15.8. The molecule has 0 aliphatic rings. The maximum absolute atomic E-state index is 12.4. The highest BCUT2D eigenvalue weighted by molar-refractivity contribution is 9.11. The Labute approximate surface area is 142 Å². The van der Waals surface area contributed by atoms with Crippen LogP contribution in [0.25, 0.3) is 0 Å². The Bertz CT molecular complexity index is 740. The van der Waals surface area contributed by atoms with Gasteiger partial charge in [0.05, 0.1) is 5.69 Å². The van der Waals surface area contributed by atoms with Crippen LogP contribution in [0.4, 0.5) is 11.4 Å². The number of halogens is 3. The number of benzene rings is 2. The van der Waals surface area contributed by atoms with Gasteiger partial charge in [0.15, 0.2) is 0 Å². The van der Waals surface area contributed by atoms with E-state index < -0.39 is 10.0 Å². The van der Waals surface area contributed by atoms with Crippen molar-refractivity contribution in [3.63, 3.8) is 0 Å². The molecule has 3 N–H and O–H groups in total. The van der Waals surface area contributed by atoms with Gasteiger partial charge in [-0.15, -0.1) is 0 Å². The predicted octanol–water partition coefficient (Wildman–Crippen LogP) is 4.36. The minimum Gasteiger partial charge on any atom is -0.398 e. The summed E-state index contributed by atoms with van der Waals surface area (Å²) in [7, 11) is -3.77. The van der Waals surface area contributed by atoms with Crippen molar-refractivity contribution in [1.82, 2.24) is 0 Å². The van der Waals surface area contributed by atoms with E-state index in [-0.39, 0.29) is 10.6 Å². The zero-order valence-corrected chi connectivity index (χ0v) is 15.5. The fraction of sp³-hybridized carbons (Fsp3) is 0. The third kappa shape index (κ3) is 3.55. The van der Waals surface area contributed by atoms with Gasteiger partial charge >= 0.3 is 0 Å². The summed E-state index contributed by atoms with van der Waals surface area (Å²) in [4.78, 5) is 0.0145. The second kappa shape index (κ2) is 6.05. The summed E-state index contributed by atoms with van der Waals surface area (Å²) < 4.78 is 29.2. The fourth-order valence-electron chi connectivity index (χ4n) is 1.62. The van der Waals surface area contributed by atoms with Gasteiger partial charge < -0.3 is 5.73 Å². The average molecular weight is 485 g/mol. The predicted molar refractivity (Wildman–Crippen MR) is 91.2 cm³/mol. The molecule has 0 aromatic heterocycles.